The Morgan fingerprint density at radius 3 is 2.33 bits per heavy atom. The Morgan fingerprint density at radius 1 is 1.19 bits per heavy atom. The first kappa shape index (κ1) is 22.5. The number of halogens is 1. The molecule has 0 radical (unpaired) electrons. The normalized spacial score (nSPS) is 10.6. The van der Waals surface area contributed by atoms with E-state index in [1.165, 1.54) is 19.1 Å². The molecule has 4 N–H and O–H groups in total. The van der Waals surface area contributed by atoms with E-state index in [0.717, 1.165) is 11.3 Å². The maximum absolute atomic E-state index is 13.5. The van der Waals surface area contributed by atoms with Crippen LogP contribution in [-0.2, 0) is 16.7 Å². The van der Waals surface area contributed by atoms with E-state index in [0.29, 0.717) is 17.9 Å². The highest BCUT2D eigenvalue weighted by molar-refractivity contribution is 7.85. The van der Waals surface area contributed by atoms with Gasteiger partial charge < -0.3 is 16.0 Å². The van der Waals surface area contributed by atoms with Crippen molar-refractivity contribution in [3.8, 4) is 0 Å². The number of carbonyl (C=O) groups excluding carboxylic acids is 1. The number of pyridine rings is 1. The topological polar surface area (TPSA) is 120 Å². The lowest BCUT2D eigenvalue weighted by atomic mass is 10.2. The molecule has 148 valence electrons. The average Bonchev–Trinajstić information content (AvgIpc) is 2.56. The fourth-order valence-electron chi connectivity index (χ4n) is 1.86. The summed E-state index contributed by atoms with van der Waals surface area (Å²) in [5.74, 6) is -0.595. The van der Waals surface area contributed by atoms with Gasteiger partial charge in [-0.15, -0.1) is 0 Å². The number of aryl methyl sites for hydroxylation is 1. The molecule has 8 nitrogen and oxygen atoms in total. The standard InChI is InChI=1S/C15H17FN4O.C2H6O3S/c1-10-3-4-13(9-18-10)19-15(21)20-14-6-11(8-17-2)5-12(16)7-14;1-2-6(3,4)5/h3-7,9,17H,8H2,1-2H3,(H2,19,20,21);2H2,1H3,(H,3,4,5). The molecular weight excluding hydrogens is 375 g/mol. The molecule has 0 spiro atoms. The van der Waals surface area contributed by atoms with Gasteiger partial charge in [-0.2, -0.15) is 8.42 Å². The minimum atomic E-state index is -3.66. The van der Waals surface area contributed by atoms with E-state index in [1.807, 2.05) is 6.92 Å². The van der Waals surface area contributed by atoms with Crippen LogP contribution >= 0.6 is 0 Å². The van der Waals surface area contributed by atoms with Crippen LogP contribution in [0, 0.1) is 12.7 Å². The summed E-state index contributed by atoms with van der Waals surface area (Å²) in [6, 6.07) is 7.51. The molecule has 0 saturated heterocycles. The van der Waals surface area contributed by atoms with E-state index < -0.39 is 22.0 Å². The van der Waals surface area contributed by atoms with Crippen molar-refractivity contribution in [1.29, 1.82) is 0 Å². The predicted octanol–water partition coefficient (Wildman–Crippen LogP) is 2.79. The molecule has 0 unspecified atom stereocenters. The molecule has 2 amide bonds. The van der Waals surface area contributed by atoms with Crippen LogP contribution in [0.2, 0.25) is 0 Å². The fraction of sp³-hybridized carbons (Fsp3) is 0.294. The second-order valence-corrected chi connectivity index (χ2v) is 7.26. The van der Waals surface area contributed by atoms with Crippen molar-refractivity contribution in [1.82, 2.24) is 10.3 Å². The Balaban J connectivity index is 0.000000527. The summed E-state index contributed by atoms with van der Waals surface area (Å²) >= 11 is 0. The van der Waals surface area contributed by atoms with Crippen molar-refractivity contribution in [2.75, 3.05) is 23.4 Å². The molecule has 2 aromatic rings. The number of aromatic nitrogens is 1. The highest BCUT2D eigenvalue weighted by atomic mass is 32.2. The number of anilines is 2. The minimum absolute atomic E-state index is 0.201. The van der Waals surface area contributed by atoms with Gasteiger partial charge in [-0.05, 0) is 56.8 Å². The number of carbonyl (C=O) groups is 1. The van der Waals surface area contributed by atoms with Crippen LogP contribution in [0.4, 0.5) is 20.6 Å². The Bertz CT molecular complexity index is 858. The van der Waals surface area contributed by atoms with Crippen LogP contribution in [0.15, 0.2) is 36.5 Å². The second-order valence-electron chi connectivity index (χ2n) is 5.52. The lowest BCUT2D eigenvalue weighted by molar-refractivity contribution is 0.262. The molecule has 0 bridgehead atoms. The van der Waals surface area contributed by atoms with E-state index in [-0.39, 0.29) is 5.75 Å². The molecular formula is C17H23FN4O4S. The number of nitrogens with one attached hydrogen (secondary N) is 3. The van der Waals surface area contributed by atoms with Gasteiger partial charge in [0.15, 0.2) is 0 Å². The Labute approximate surface area is 158 Å². The fourth-order valence-corrected chi connectivity index (χ4v) is 1.86. The highest BCUT2D eigenvalue weighted by Gasteiger charge is 2.06. The third-order valence-corrected chi connectivity index (χ3v) is 3.86. The summed E-state index contributed by atoms with van der Waals surface area (Å²) in [5, 5.41) is 8.17. The first-order valence-corrected chi connectivity index (χ1v) is 9.63. The van der Waals surface area contributed by atoms with E-state index in [9.17, 15) is 17.6 Å². The van der Waals surface area contributed by atoms with Gasteiger partial charge in [0, 0.05) is 17.9 Å². The molecule has 0 aliphatic rings. The van der Waals surface area contributed by atoms with Crippen molar-refractivity contribution < 1.29 is 22.2 Å². The summed E-state index contributed by atoms with van der Waals surface area (Å²) < 4.78 is 40.4. The Hall–Kier alpha value is -2.56. The monoisotopic (exact) mass is 398 g/mol. The average molecular weight is 398 g/mol. The maximum Gasteiger partial charge on any atom is 0.323 e. The van der Waals surface area contributed by atoms with Crippen LogP contribution in [0.3, 0.4) is 0 Å². The molecule has 0 aliphatic carbocycles. The minimum Gasteiger partial charge on any atom is -0.316 e. The quantitative estimate of drug-likeness (QED) is 0.575. The molecule has 0 saturated carbocycles. The second kappa shape index (κ2) is 10.6. The number of nitrogens with zero attached hydrogens (tertiary/aromatic N) is 1. The lowest BCUT2D eigenvalue weighted by Gasteiger charge is -2.09. The first-order chi connectivity index (χ1) is 12.6. The largest absolute Gasteiger partial charge is 0.323 e. The third-order valence-electron chi connectivity index (χ3n) is 3.13. The van der Waals surface area contributed by atoms with Crippen molar-refractivity contribution in [3.63, 3.8) is 0 Å². The summed E-state index contributed by atoms with van der Waals surface area (Å²) in [4.78, 5) is 15.9. The zero-order valence-electron chi connectivity index (χ0n) is 15.3. The first-order valence-electron chi connectivity index (χ1n) is 8.03. The van der Waals surface area contributed by atoms with E-state index in [4.69, 9.17) is 4.55 Å². The van der Waals surface area contributed by atoms with Gasteiger partial charge in [0.2, 0.25) is 0 Å². The van der Waals surface area contributed by atoms with Crippen molar-refractivity contribution >= 4 is 27.5 Å². The zero-order valence-corrected chi connectivity index (χ0v) is 16.1. The van der Waals surface area contributed by atoms with Crippen molar-refractivity contribution in [2.45, 2.75) is 20.4 Å². The van der Waals surface area contributed by atoms with Gasteiger partial charge in [-0.1, -0.05) is 0 Å². The third kappa shape index (κ3) is 9.64. The molecule has 1 heterocycles. The number of benzene rings is 1. The molecule has 0 aliphatic heterocycles. The van der Waals surface area contributed by atoms with Crippen molar-refractivity contribution in [3.05, 3.63) is 53.6 Å². The number of urea groups is 1. The molecule has 0 fully saturated rings. The maximum atomic E-state index is 13.5. The summed E-state index contributed by atoms with van der Waals surface area (Å²) in [7, 11) is -1.89. The molecule has 1 aromatic carbocycles. The Kier molecular flexibility index (Phi) is 8.79. The van der Waals surface area contributed by atoms with Gasteiger partial charge in [0.05, 0.1) is 17.6 Å². The van der Waals surface area contributed by atoms with Crippen LogP contribution in [0.1, 0.15) is 18.2 Å². The van der Waals surface area contributed by atoms with E-state index >= 15 is 0 Å². The molecule has 27 heavy (non-hydrogen) atoms. The van der Waals surface area contributed by atoms with Gasteiger partial charge in [-0.25, -0.2) is 9.18 Å². The summed E-state index contributed by atoms with van der Waals surface area (Å²) in [6.45, 7) is 3.76. The number of rotatable bonds is 5. The molecule has 0 atom stereocenters. The van der Waals surface area contributed by atoms with Crippen LogP contribution in [0.5, 0.6) is 0 Å². The number of hydrogen-bond acceptors (Lipinski definition) is 5. The Morgan fingerprint density at radius 2 is 1.81 bits per heavy atom. The van der Waals surface area contributed by atoms with Gasteiger partial charge in [-0.3, -0.25) is 9.54 Å². The van der Waals surface area contributed by atoms with Gasteiger partial charge in [0.25, 0.3) is 10.1 Å². The predicted molar refractivity (Wildman–Crippen MR) is 103 cm³/mol. The van der Waals surface area contributed by atoms with E-state index in [1.54, 1.807) is 31.4 Å². The SMILES string of the molecule is CCS(=O)(=O)O.CNCc1cc(F)cc(NC(=O)Nc2ccc(C)nc2)c1. The number of amides is 2. The number of hydrogen-bond donors (Lipinski definition) is 4. The smallest absolute Gasteiger partial charge is 0.316 e. The van der Waals surface area contributed by atoms with E-state index in [2.05, 4.69) is 20.9 Å². The summed E-state index contributed by atoms with van der Waals surface area (Å²) in [5.41, 5.74) is 2.59. The van der Waals surface area contributed by atoms with Gasteiger partial charge in [0.1, 0.15) is 5.82 Å². The lowest BCUT2D eigenvalue weighted by Crippen LogP contribution is -2.20. The molecule has 10 heteroatoms. The van der Waals surface area contributed by atoms with Crippen LogP contribution in [-0.4, -0.2) is 36.8 Å². The summed E-state index contributed by atoms with van der Waals surface area (Å²) in [6.07, 6.45) is 1.56. The van der Waals surface area contributed by atoms with Crippen molar-refractivity contribution in [2.24, 2.45) is 0 Å². The van der Waals surface area contributed by atoms with Crippen LogP contribution in [0.25, 0.3) is 0 Å². The molecule has 1 aromatic heterocycles. The van der Waals surface area contributed by atoms with Crippen LogP contribution < -0.4 is 16.0 Å². The highest BCUT2D eigenvalue weighted by Crippen LogP contribution is 2.15. The van der Waals surface area contributed by atoms with Gasteiger partial charge >= 0.3 is 6.03 Å². The molecule has 2 rings (SSSR count). The zero-order chi connectivity index (χ0) is 20.4.